The topological polar surface area (TPSA) is 64.3 Å². The Balaban J connectivity index is 1.80. The number of anilines is 2. The number of rotatable bonds is 5. The van der Waals surface area contributed by atoms with E-state index in [9.17, 15) is 9.18 Å². The first-order chi connectivity index (χ1) is 9.08. The van der Waals surface area contributed by atoms with Gasteiger partial charge in [-0.2, -0.15) is 0 Å². The van der Waals surface area contributed by atoms with E-state index < -0.39 is 5.82 Å². The molecule has 0 bridgehead atoms. The molecule has 1 amide bonds. The van der Waals surface area contributed by atoms with Gasteiger partial charge in [0, 0.05) is 18.7 Å². The summed E-state index contributed by atoms with van der Waals surface area (Å²) in [5.74, 6) is -0.312. The van der Waals surface area contributed by atoms with E-state index in [1.54, 1.807) is 0 Å². The number of hydrogen-bond donors (Lipinski definition) is 2. The molecule has 0 aromatic heterocycles. The maximum Gasteiger partial charge on any atom is 0.224 e. The van der Waals surface area contributed by atoms with Crippen molar-refractivity contribution in [3.63, 3.8) is 0 Å². The van der Waals surface area contributed by atoms with Crippen LogP contribution in [-0.4, -0.2) is 18.6 Å². The molecule has 1 fully saturated rings. The Bertz CT molecular complexity index is 459. The van der Waals surface area contributed by atoms with E-state index in [-0.39, 0.29) is 17.7 Å². The molecular formula is C14H19FN2O2. The van der Waals surface area contributed by atoms with Gasteiger partial charge in [0.15, 0.2) is 0 Å². The minimum atomic E-state index is -0.469. The Morgan fingerprint density at radius 2 is 2.26 bits per heavy atom. The number of nitrogens with two attached hydrogens (primary N) is 1. The number of nitrogen functional groups attached to an aromatic ring is 1. The third-order valence-electron chi connectivity index (χ3n) is 3.33. The fraction of sp³-hybridized carbons (Fsp3) is 0.500. The standard InChI is InChI=1S/C14H19FN2O2/c1-2-19-11-5-9(6-11)7-14(18)17-13-8-10(16)3-4-12(13)15/h3-4,8-9,11H,2,5-7,16H2,1H3,(H,17,18). The SMILES string of the molecule is CCOC1CC(CC(=O)Nc2cc(N)ccc2F)C1. The minimum Gasteiger partial charge on any atom is -0.399 e. The van der Waals surface area contributed by atoms with Crippen molar-refractivity contribution in [3.8, 4) is 0 Å². The molecule has 1 saturated carbocycles. The van der Waals surface area contributed by atoms with Crippen LogP contribution in [0.1, 0.15) is 26.2 Å². The van der Waals surface area contributed by atoms with Crippen LogP contribution in [0.25, 0.3) is 0 Å². The molecule has 0 aliphatic heterocycles. The van der Waals surface area contributed by atoms with Crippen LogP contribution in [0.5, 0.6) is 0 Å². The van der Waals surface area contributed by atoms with Crippen molar-refractivity contribution in [1.82, 2.24) is 0 Å². The Hall–Kier alpha value is -1.62. The summed E-state index contributed by atoms with van der Waals surface area (Å²) in [5.41, 5.74) is 6.13. The van der Waals surface area contributed by atoms with E-state index in [0.717, 1.165) is 12.8 Å². The molecule has 1 aromatic rings. The molecule has 0 heterocycles. The van der Waals surface area contributed by atoms with Crippen molar-refractivity contribution in [3.05, 3.63) is 24.0 Å². The number of hydrogen-bond acceptors (Lipinski definition) is 3. The molecule has 3 N–H and O–H groups in total. The molecule has 1 aliphatic carbocycles. The van der Waals surface area contributed by atoms with Crippen LogP contribution in [-0.2, 0) is 9.53 Å². The van der Waals surface area contributed by atoms with E-state index >= 15 is 0 Å². The van der Waals surface area contributed by atoms with E-state index in [1.165, 1.54) is 18.2 Å². The lowest BCUT2D eigenvalue weighted by atomic mass is 9.80. The van der Waals surface area contributed by atoms with Crippen molar-refractivity contribution in [2.75, 3.05) is 17.7 Å². The lowest BCUT2D eigenvalue weighted by molar-refractivity contribution is -0.119. The van der Waals surface area contributed by atoms with Gasteiger partial charge in [0.25, 0.3) is 0 Å². The maximum atomic E-state index is 13.4. The third kappa shape index (κ3) is 3.67. The molecule has 0 unspecified atom stereocenters. The summed E-state index contributed by atoms with van der Waals surface area (Å²) in [7, 11) is 0. The zero-order valence-corrected chi connectivity index (χ0v) is 11.0. The maximum absolute atomic E-state index is 13.4. The van der Waals surface area contributed by atoms with Crippen molar-refractivity contribution in [1.29, 1.82) is 0 Å². The van der Waals surface area contributed by atoms with Crippen molar-refractivity contribution < 1.29 is 13.9 Å². The molecule has 0 spiro atoms. The zero-order valence-electron chi connectivity index (χ0n) is 11.0. The Morgan fingerprint density at radius 1 is 1.53 bits per heavy atom. The highest BCUT2D eigenvalue weighted by atomic mass is 19.1. The summed E-state index contributed by atoms with van der Waals surface area (Å²) in [6.07, 6.45) is 2.49. The predicted molar refractivity (Wildman–Crippen MR) is 72.2 cm³/mol. The second kappa shape index (κ2) is 6.02. The van der Waals surface area contributed by atoms with E-state index in [0.29, 0.717) is 24.6 Å². The molecule has 19 heavy (non-hydrogen) atoms. The number of carbonyl (C=O) groups is 1. The summed E-state index contributed by atoms with van der Waals surface area (Å²) < 4.78 is 18.9. The Labute approximate surface area is 112 Å². The van der Waals surface area contributed by atoms with Crippen LogP contribution < -0.4 is 11.1 Å². The molecule has 1 aromatic carbocycles. The second-order valence-corrected chi connectivity index (χ2v) is 4.91. The Morgan fingerprint density at radius 3 is 2.95 bits per heavy atom. The quantitative estimate of drug-likeness (QED) is 0.805. The van der Waals surface area contributed by atoms with Crippen molar-refractivity contribution in [2.45, 2.75) is 32.3 Å². The molecule has 5 heteroatoms. The molecule has 104 valence electrons. The van der Waals surface area contributed by atoms with Gasteiger partial charge < -0.3 is 15.8 Å². The molecule has 0 radical (unpaired) electrons. The summed E-state index contributed by atoms with van der Waals surface area (Å²) in [6, 6.07) is 4.14. The second-order valence-electron chi connectivity index (χ2n) is 4.91. The first kappa shape index (κ1) is 13.8. The minimum absolute atomic E-state index is 0.144. The van der Waals surface area contributed by atoms with Crippen LogP contribution in [0.3, 0.4) is 0 Å². The smallest absolute Gasteiger partial charge is 0.224 e. The van der Waals surface area contributed by atoms with Crippen LogP contribution in [0, 0.1) is 11.7 Å². The summed E-state index contributed by atoms with van der Waals surface area (Å²) in [4.78, 5) is 11.8. The average Bonchev–Trinajstić information content (AvgIpc) is 2.31. The lowest BCUT2D eigenvalue weighted by Crippen LogP contribution is -2.34. The zero-order chi connectivity index (χ0) is 13.8. The number of ether oxygens (including phenoxy) is 1. The largest absolute Gasteiger partial charge is 0.399 e. The van der Waals surface area contributed by atoms with Crippen LogP contribution in [0.15, 0.2) is 18.2 Å². The number of halogens is 1. The molecule has 0 atom stereocenters. The molecule has 4 nitrogen and oxygen atoms in total. The van der Waals surface area contributed by atoms with Gasteiger partial charge in [-0.1, -0.05) is 0 Å². The van der Waals surface area contributed by atoms with Gasteiger partial charge in [-0.15, -0.1) is 0 Å². The van der Waals surface area contributed by atoms with Gasteiger partial charge in [0.1, 0.15) is 5.82 Å². The predicted octanol–water partition coefficient (Wildman–Crippen LogP) is 2.55. The fourth-order valence-electron chi connectivity index (χ4n) is 2.32. The van der Waals surface area contributed by atoms with Gasteiger partial charge in [-0.05, 0) is 43.9 Å². The number of benzene rings is 1. The molecule has 0 saturated heterocycles. The number of amides is 1. The first-order valence-corrected chi connectivity index (χ1v) is 6.55. The third-order valence-corrected chi connectivity index (χ3v) is 3.33. The number of carbonyl (C=O) groups excluding carboxylic acids is 1. The first-order valence-electron chi connectivity index (χ1n) is 6.55. The highest BCUT2D eigenvalue weighted by molar-refractivity contribution is 5.91. The average molecular weight is 266 g/mol. The van der Waals surface area contributed by atoms with Crippen LogP contribution in [0.2, 0.25) is 0 Å². The normalized spacial score (nSPS) is 21.8. The molecule has 1 aliphatic rings. The van der Waals surface area contributed by atoms with Gasteiger partial charge in [0.05, 0.1) is 11.8 Å². The van der Waals surface area contributed by atoms with Gasteiger partial charge in [0.2, 0.25) is 5.91 Å². The van der Waals surface area contributed by atoms with Gasteiger partial charge in [-0.25, -0.2) is 4.39 Å². The highest BCUT2D eigenvalue weighted by Gasteiger charge is 2.31. The van der Waals surface area contributed by atoms with Crippen LogP contribution in [0.4, 0.5) is 15.8 Å². The summed E-state index contributed by atoms with van der Waals surface area (Å²) >= 11 is 0. The van der Waals surface area contributed by atoms with Crippen LogP contribution >= 0.6 is 0 Å². The van der Waals surface area contributed by atoms with Gasteiger partial charge in [-0.3, -0.25) is 4.79 Å². The van der Waals surface area contributed by atoms with E-state index in [4.69, 9.17) is 10.5 Å². The fourth-order valence-corrected chi connectivity index (χ4v) is 2.32. The van der Waals surface area contributed by atoms with E-state index in [2.05, 4.69) is 5.32 Å². The van der Waals surface area contributed by atoms with E-state index in [1.807, 2.05) is 6.92 Å². The highest BCUT2D eigenvalue weighted by Crippen LogP contribution is 2.33. The summed E-state index contributed by atoms with van der Waals surface area (Å²) in [6.45, 7) is 2.67. The molecular weight excluding hydrogens is 247 g/mol. The van der Waals surface area contributed by atoms with Crippen molar-refractivity contribution >= 4 is 17.3 Å². The molecule has 2 rings (SSSR count). The van der Waals surface area contributed by atoms with Gasteiger partial charge >= 0.3 is 0 Å². The lowest BCUT2D eigenvalue weighted by Gasteiger charge is -2.34. The summed E-state index contributed by atoms with van der Waals surface area (Å²) in [5, 5.41) is 2.56. The number of nitrogens with one attached hydrogen (secondary N) is 1. The monoisotopic (exact) mass is 266 g/mol. The Kier molecular flexibility index (Phi) is 4.37. The van der Waals surface area contributed by atoms with Crippen molar-refractivity contribution in [2.24, 2.45) is 5.92 Å².